The molecule has 0 radical (unpaired) electrons. The van der Waals surface area contributed by atoms with Crippen molar-refractivity contribution in [3.8, 4) is 0 Å². The number of halogens is 5. The lowest BCUT2D eigenvalue weighted by atomic mass is 9.98. The number of rotatable bonds is 11. The molecule has 3 aliphatic heterocycles. The van der Waals surface area contributed by atoms with Gasteiger partial charge in [-0.2, -0.15) is 8.61 Å². The highest BCUT2D eigenvalue weighted by atomic mass is 35.7. The summed E-state index contributed by atoms with van der Waals surface area (Å²) in [6.07, 6.45) is 0. The molecule has 20 nitrogen and oxygen atoms in total. The number of hydrogen-bond acceptors (Lipinski definition) is 18. The molecule has 8 N–H and O–H groups in total. The SMILES string of the molecule is C.CC(C)(O)c1ccc(N2CCN(S(=O)(=O)c3ccc(Cl)nc3Cl)CC2)cc1.CC(C)(O)c1ccc(N2CCN(S(=O)(=O)c3ccc(N)nc3N)CC2)cc1.CC(C)(O)c1ccc(N2CCNCC2)cc1.O=S(=O)(Cl)c1ccc(Cl)nc1Cl. The molecule has 28 heteroatoms. The highest BCUT2D eigenvalue weighted by Gasteiger charge is 2.33. The quantitative estimate of drug-likeness (QED) is 0.0524. The fraction of sp³-hybridized carbons (Fsp3) is 0.400. The van der Waals surface area contributed by atoms with Gasteiger partial charge < -0.3 is 46.8 Å². The number of hydrogen-bond donors (Lipinski definition) is 6. The Hall–Kier alpha value is -4.83. The van der Waals surface area contributed by atoms with Crippen LogP contribution in [0.25, 0.3) is 0 Å². The van der Waals surface area contributed by atoms with Crippen LogP contribution in [-0.4, -0.2) is 143 Å². The molecule has 0 unspecified atom stereocenters. The monoisotopic (exact) mass is 1300 g/mol. The molecule has 3 saturated heterocycles. The summed E-state index contributed by atoms with van der Waals surface area (Å²) in [6, 6.07) is 31.7. The van der Waals surface area contributed by atoms with Gasteiger partial charge in [0.1, 0.15) is 36.6 Å². The summed E-state index contributed by atoms with van der Waals surface area (Å²) in [5.41, 5.74) is 14.6. The van der Waals surface area contributed by atoms with Gasteiger partial charge in [0.2, 0.25) is 20.0 Å². The maximum absolute atomic E-state index is 12.8. The van der Waals surface area contributed by atoms with E-state index in [0.29, 0.717) is 52.4 Å². The van der Waals surface area contributed by atoms with Crippen molar-refractivity contribution in [2.45, 2.75) is 80.5 Å². The molecular weight excluding hydrogens is 1230 g/mol. The largest absolute Gasteiger partial charge is 0.386 e. The van der Waals surface area contributed by atoms with Crippen LogP contribution in [0, 0.1) is 0 Å². The first-order chi connectivity index (χ1) is 38.2. The zero-order valence-electron chi connectivity index (χ0n) is 46.0. The molecule has 3 aliphatic rings. The molecular formula is C55H72Cl5N11O9S3. The number of sulfonamides is 2. The number of piperazine rings is 3. The van der Waals surface area contributed by atoms with Crippen LogP contribution < -0.4 is 31.5 Å². The molecule has 3 aromatic heterocycles. The number of aliphatic hydroxyl groups is 3. The van der Waals surface area contributed by atoms with E-state index in [1.807, 2.05) is 74.5 Å². The van der Waals surface area contributed by atoms with Crippen molar-refractivity contribution in [3.63, 3.8) is 0 Å². The van der Waals surface area contributed by atoms with Gasteiger partial charge in [-0.3, -0.25) is 0 Å². The fourth-order valence-corrected chi connectivity index (χ4v) is 13.8. The van der Waals surface area contributed by atoms with Gasteiger partial charge in [0.25, 0.3) is 9.05 Å². The van der Waals surface area contributed by atoms with Gasteiger partial charge in [0.15, 0.2) is 10.3 Å². The number of nitrogens with zero attached hydrogens (tertiary/aromatic N) is 8. The molecule has 3 aromatic carbocycles. The molecule has 6 aromatic rings. The van der Waals surface area contributed by atoms with Crippen molar-refractivity contribution in [2.24, 2.45) is 0 Å². The smallest absolute Gasteiger partial charge is 0.264 e. The molecule has 0 atom stereocenters. The first kappa shape index (κ1) is 68.9. The summed E-state index contributed by atoms with van der Waals surface area (Å²) >= 11 is 22.6. The summed E-state index contributed by atoms with van der Waals surface area (Å²) in [7, 11) is -6.24. The number of benzene rings is 3. The highest BCUT2D eigenvalue weighted by Crippen LogP contribution is 2.31. The van der Waals surface area contributed by atoms with Gasteiger partial charge in [0.05, 0.1) is 16.8 Å². The molecule has 9 rings (SSSR count). The van der Waals surface area contributed by atoms with E-state index in [1.54, 1.807) is 27.7 Å². The Morgan fingerprint density at radius 1 is 0.446 bits per heavy atom. The van der Waals surface area contributed by atoms with Gasteiger partial charge in [-0.05, 0) is 131 Å². The Kier molecular flexibility index (Phi) is 23.7. The molecule has 6 heterocycles. The van der Waals surface area contributed by atoms with E-state index in [4.69, 9.17) is 68.6 Å². The number of nitrogens with one attached hydrogen (secondary N) is 1. The van der Waals surface area contributed by atoms with Gasteiger partial charge in [0, 0.05) is 106 Å². The zero-order valence-corrected chi connectivity index (χ0v) is 52.2. The molecule has 0 spiro atoms. The van der Waals surface area contributed by atoms with E-state index < -0.39 is 45.9 Å². The lowest BCUT2D eigenvalue weighted by molar-refractivity contribution is 0.0780. The third-order valence-electron chi connectivity index (χ3n) is 13.4. The Bertz CT molecular complexity index is 3310. The normalized spacial score (nSPS) is 15.8. The molecule has 0 amide bonds. The predicted octanol–water partition coefficient (Wildman–Crippen LogP) is 8.39. The lowest BCUT2D eigenvalue weighted by Crippen LogP contribution is -2.48. The number of nitrogen functional groups attached to an aromatic ring is 2. The van der Waals surface area contributed by atoms with Gasteiger partial charge >= 0.3 is 0 Å². The Morgan fingerprint density at radius 3 is 1.07 bits per heavy atom. The second-order valence-electron chi connectivity index (χ2n) is 20.7. The van der Waals surface area contributed by atoms with Crippen LogP contribution in [0.4, 0.5) is 28.7 Å². The fourth-order valence-electron chi connectivity index (χ4n) is 8.68. The van der Waals surface area contributed by atoms with E-state index in [0.717, 1.165) is 54.2 Å². The van der Waals surface area contributed by atoms with Crippen LogP contribution >= 0.6 is 57.1 Å². The molecule has 83 heavy (non-hydrogen) atoms. The zero-order chi connectivity index (χ0) is 60.6. The summed E-state index contributed by atoms with van der Waals surface area (Å²) in [5, 5.41) is 33.2. The minimum absolute atomic E-state index is 0. The van der Waals surface area contributed by atoms with Gasteiger partial charge in [-0.1, -0.05) is 90.2 Å². The molecule has 0 saturated carbocycles. The second kappa shape index (κ2) is 28.6. The summed E-state index contributed by atoms with van der Waals surface area (Å²) in [5.74, 6) is 0.102. The molecule has 454 valence electrons. The maximum Gasteiger partial charge on any atom is 0.264 e. The number of aromatic nitrogens is 3. The standard InChI is InChI=1S/C18H21Cl2N3O3S.C18H25N5O3S.C13H20N2O.C5H2Cl3NO2S.CH4/c2*1-18(2,24)13-3-5-14(6-4-13)22-9-11-23(12-10-22)27(25,26)15-7-8-16(19)21-17(15)20;1-13(2,16)11-3-5-12(6-4-11)15-9-7-14-8-10-15;6-4-2-1-3(5(7)9-4)12(8,10)11;/h3-8,24H,9-12H2,1-2H3;3-8,24H,9-12H2,1-2H3,(H4,19,20,21);3-6,14,16H,7-10H2,1-2H3;1-2H;1H4. The average molecular weight is 1300 g/mol. The number of pyridine rings is 3. The van der Waals surface area contributed by atoms with Crippen molar-refractivity contribution in [1.82, 2.24) is 28.9 Å². The Balaban J connectivity index is 0.000000211. The minimum atomic E-state index is -3.83. The first-order valence-electron chi connectivity index (χ1n) is 25.7. The average Bonchev–Trinajstić information content (AvgIpc) is 3.18. The maximum atomic E-state index is 12.8. The number of nitrogens with two attached hydrogens (primary N) is 2. The molecule has 0 bridgehead atoms. The summed E-state index contributed by atoms with van der Waals surface area (Å²) < 4.78 is 75.7. The molecule has 3 fully saturated rings. The third-order valence-corrected chi connectivity index (χ3v) is 19.8. The van der Waals surface area contributed by atoms with Crippen molar-refractivity contribution < 1.29 is 40.6 Å². The predicted molar refractivity (Wildman–Crippen MR) is 333 cm³/mol. The van der Waals surface area contributed by atoms with Crippen LogP contribution in [0.1, 0.15) is 65.7 Å². The summed E-state index contributed by atoms with van der Waals surface area (Å²) in [6.45, 7) is 18.4. The molecule has 0 aliphatic carbocycles. The van der Waals surface area contributed by atoms with Crippen molar-refractivity contribution in [3.05, 3.63) is 146 Å². The van der Waals surface area contributed by atoms with E-state index in [-0.39, 0.29) is 54.4 Å². The van der Waals surface area contributed by atoms with Crippen LogP contribution in [0.15, 0.2) is 124 Å². The highest BCUT2D eigenvalue weighted by molar-refractivity contribution is 8.13. The van der Waals surface area contributed by atoms with Crippen LogP contribution in [0.5, 0.6) is 0 Å². The summed E-state index contributed by atoms with van der Waals surface area (Å²) in [4.78, 5) is 17.5. The Labute approximate surface area is 512 Å². The van der Waals surface area contributed by atoms with Crippen molar-refractivity contribution in [2.75, 3.05) is 105 Å². The van der Waals surface area contributed by atoms with E-state index in [1.165, 1.54) is 50.7 Å². The lowest BCUT2D eigenvalue weighted by Gasteiger charge is -2.35. The van der Waals surface area contributed by atoms with E-state index in [9.17, 15) is 40.6 Å². The van der Waals surface area contributed by atoms with Crippen LogP contribution in [-0.2, 0) is 45.9 Å². The van der Waals surface area contributed by atoms with E-state index >= 15 is 0 Å². The van der Waals surface area contributed by atoms with Crippen molar-refractivity contribution in [1.29, 1.82) is 0 Å². The van der Waals surface area contributed by atoms with Gasteiger partial charge in [-0.25, -0.2) is 40.2 Å². The third kappa shape index (κ3) is 18.8. The van der Waals surface area contributed by atoms with Gasteiger partial charge in [-0.15, -0.1) is 0 Å². The first-order valence-corrected chi connectivity index (χ1v) is 32.4. The van der Waals surface area contributed by atoms with E-state index in [2.05, 4.69) is 47.1 Å². The minimum Gasteiger partial charge on any atom is -0.386 e. The van der Waals surface area contributed by atoms with Crippen LogP contribution in [0.2, 0.25) is 20.6 Å². The topological polar surface area (TPSA) is 282 Å². The van der Waals surface area contributed by atoms with Crippen LogP contribution in [0.3, 0.4) is 0 Å². The van der Waals surface area contributed by atoms with Crippen molar-refractivity contribution >= 4 is 115 Å². The second-order valence-corrected chi connectivity index (χ2v) is 28.6. The Morgan fingerprint density at radius 2 is 0.759 bits per heavy atom. The number of anilines is 5.